The van der Waals surface area contributed by atoms with Gasteiger partial charge in [-0.25, -0.2) is 4.39 Å². The van der Waals surface area contributed by atoms with Crippen LogP contribution in [0.1, 0.15) is 27.9 Å². The lowest BCUT2D eigenvalue weighted by atomic mass is 10.0. The number of amides is 1. The molecule has 2 aromatic carbocycles. The quantitative estimate of drug-likeness (QED) is 0.818. The first-order valence-corrected chi connectivity index (χ1v) is 7.06. The van der Waals surface area contributed by atoms with Crippen molar-refractivity contribution in [1.82, 2.24) is 4.90 Å². The second kappa shape index (κ2) is 5.56. The number of anilines is 1. The second-order valence-corrected chi connectivity index (χ2v) is 5.33. The van der Waals surface area contributed by atoms with Crippen LogP contribution in [-0.2, 0) is 13.0 Å². The molecule has 1 aliphatic rings. The number of halogens is 1. The molecule has 4 heteroatoms. The van der Waals surface area contributed by atoms with E-state index in [1.807, 2.05) is 18.2 Å². The van der Waals surface area contributed by atoms with Crippen LogP contribution >= 0.6 is 0 Å². The van der Waals surface area contributed by atoms with E-state index in [0.29, 0.717) is 18.8 Å². The van der Waals surface area contributed by atoms with E-state index in [0.717, 1.165) is 18.4 Å². The number of rotatable bonds is 1. The number of carbonyl (C=O) groups is 1. The molecule has 0 saturated carbocycles. The number of hydrogen-bond acceptors (Lipinski definition) is 2. The minimum absolute atomic E-state index is 0.205. The van der Waals surface area contributed by atoms with Crippen LogP contribution in [0.4, 0.5) is 10.1 Å². The van der Waals surface area contributed by atoms with Gasteiger partial charge in [0.05, 0.1) is 5.56 Å². The highest BCUT2D eigenvalue weighted by atomic mass is 19.1. The molecule has 3 rings (SSSR count). The van der Waals surface area contributed by atoms with E-state index >= 15 is 0 Å². The van der Waals surface area contributed by atoms with Crippen LogP contribution in [0.15, 0.2) is 42.5 Å². The van der Waals surface area contributed by atoms with E-state index in [9.17, 15) is 9.18 Å². The zero-order valence-corrected chi connectivity index (χ0v) is 11.7. The summed E-state index contributed by atoms with van der Waals surface area (Å²) in [5.74, 6) is -0.647. The number of benzene rings is 2. The molecule has 0 aromatic heterocycles. The number of nitrogens with two attached hydrogens (primary N) is 1. The second-order valence-electron chi connectivity index (χ2n) is 5.33. The lowest BCUT2D eigenvalue weighted by Crippen LogP contribution is -2.31. The first-order chi connectivity index (χ1) is 10.1. The molecule has 21 heavy (non-hydrogen) atoms. The Balaban J connectivity index is 1.90. The fourth-order valence-corrected chi connectivity index (χ4v) is 2.76. The van der Waals surface area contributed by atoms with Gasteiger partial charge in [-0.2, -0.15) is 0 Å². The van der Waals surface area contributed by atoms with Crippen molar-refractivity contribution in [3.63, 3.8) is 0 Å². The lowest BCUT2D eigenvalue weighted by Gasteiger charge is -2.21. The molecule has 2 aromatic rings. The van der Waals surface area contributed by atoms with E-state index < -0.39 is 5.82 Å². The van der Waals surface area contributed by atoms with Crippen LogP contribution in [0.3, 0.4) is 0 Å². The third kappa shape index (κ3) is 2.75. The number of fused-ring (bicyclic) bond motifs is 1. The Morgan fingerprint density at radius 1 is 1.14 bits per heavy atom. The molecule has 3 nitrogen and oxygen atoms in total. The predicted octanol–water partition coefficient (Wildman–Crippen LogP) is 3.00. The summed E-state index contributed by atoms with van der Waals surface area (Å²) in [7, 11) is 0. The van der Waals surface area contributed by atoms with E-state index in [4.69, 9.17) is 5.73 Å². The number of hydrogen-bond donors (Lipinski definition) is 1. The zero-order chi connectivity index (χ0) is 14.8. The van der Waals surface area contributed by atoms with Crippen molar-refractivity contribution in [2.75, 3.05) is 12.3 Å². The molecule has 0 aliphatic carbocycles. The standard InChI is InChI=1S/C17H17FN2O/c18-14-7-8-16(19)15(10-14)17(21)20-9-3-6-12-4-1-2-5-13(12)11-20/h1-2,4-5,7-8,10H,3,6,9,11,19H2. The van der Waals surface area contributed by atoms with E-state index in [1.165, 1.54) is 23.8 Å². The minimum atomic E-state index is -0.442. The Morgan fingerprint density at radius 2 is 1.90 bits per heavy atom. The molecule has 1 heterocycles. The molecule has 0 spiro atoms. The molecule has 0 unspecified atom stereocenters. The maximum absolute atomic E-state index is 13.4. The summed E-state index contributed by atoms with van der Waals surface area (Å²) in [4.78, 5) is 14.4. The van der Waals surface area contributed by atoms with Crippen LogP contribution in [0.2, 0.25) is 0 Å². The molecule has 0 radical (unpaired) electrons. The summed E-state index contributed by atoms with van der Waals surface area (Å²) in [6.45, 7) is 1.20. The Labute approximate surface area is 123 Å². The number of nitrogen functional groups attached to an aromatic ring is 1. The first kappa shape index (κ1) is 13.6. The van der Waals surface area contributed by atoms with Gasteiger partial charge < -0.3 is 10.6 Å². The van der Waals surface area contributed by atoms with Gasteiger partial charge in [-0.05, 0) is 42.2 Å². The molecule has 0 atom stereocenters. The van der Waals surface area contributed by atoms with Crippen LogP contribution in [-0.4, -0.2) is 17.4 Å². The largest absolute Gasteiger partial charge is 0.398 e. The van der Waals surface area contributed by atoms with Gasteiger partial charge in [0.25, 0.3) is 5.91 Å². The van der Waals surface area contributed by atoms with Gasteiger partial charge in [0.2, 0.25) is 0 Å². The fourth-order valence-electron chi connectivity index (χ4n) is 2.76. The molecule has 1 amide bonds. The molecule has 108 valence electrons. The topological polar surface area (TPSA) is 46.3 Å². The Kier molecular flexibility index (Phi) is 3.60. The minimum Gasteiger partial charge on any atom is -0.398 e. The number of carbonyl (C=O) groups excluding carboxylic acids is 1. The van der Waals surface area contributed by atoms with Crippen LogP contribution < -0.4 is 5.73 Å². The maximum Gasteiger partial charge on any atom is 0.256 e. The Bertz CT molecular complexity index is 684. The van der Waals surface area contributed by atoms with Crippen LogP contribution in [0, 0.1) is 5.82 Å². The number of nitrogens with zero attached hydrogens (tertiary/aromatic N) is 1. The zero-order valence-electron chi connectivity index (χ0n) is 11.7. The van der Waals surface area contributed by atoms with Crippen molar-refractivity contribution < 1.29 is 9.18 Å². The molecular formula is C17H17FN2O. The lowest BCUT2D eigenvalue weighted by molar-refractivity contribution is 0.0746. The fraction of sp³-hybridized carbons (Fsp3) is 0.235. The molecule has 1 aliphatic heterocycles. The normalized spacial score (nSPS) is 14.4. The van der Waals surface area contributed by atoms with Gasteiger partial charge in [-0.15, -0.1) is 0 Å². The van der Waals surface area contributed by atoms with Crippen molar-refractivity contribution >= 4 is 11.6 Å². The summed E-state index contributed by atoms with van der Waals surface area (Å²) in [5.41, 5.74) is 8.81. The maximum atomic E-state index is 13.4. The molecular weight excluding hydrogens is 267 g/mol. The monoisotopic (exact) mass is 284 g/mol. The number of aryl methyl sites for hydroxylation is 1. The van der Waals surface area contributed by atoms with Crippen molar-refractivity contribution in [1.29, 1.82) is 0 Å². The van der Waals surface area contributed by atoms with Gasteiger partial charge in [-0.1, -0.05) is 24.3 Å². The highest BCUT2D eigenvalue weighted by molar-refractivity contribution is 5.99. The average Bonchev–Trinajstić information content (AvgIpc) is 2.71. The molecule has 0 saturated heterocycles. The van der Waals surface area contributed by atoms with Gasteiger partial charge in [0.15, 0.2) is 0 Å². The van der Waals surface area contributed by atoms with Crippen molar-refractivity contribution in [3.05, 3.63) is 65.0 Å². The van der Waals surface area contributed by atoms with Gasteiger partial charge in [0.1, 0.15) is 5.82 Å². The average molecular weight is 284 g/mol. The summed E-state index contributed by atoms with van der Waals surface area (Å²) in [6.07, 6.45) is 1.86. The summed E-state index contributed by atoms with van der Waals surface area (Å²) in [5, 5.41) is 0. The van der Waals surface area contributed by atoms with E-state index in [2.05, 4.69) is 6.07 Å². The van der Waals surface area contributed by atoms with Crippen molar-refractivity contribution in [3.8, 4) is 0 Å². The van der Waals surface area contributed by atoms with Gasteiger partial charge in [0, 0.05) is 18.8 Å². The van der Waals surface area contributed by atoms with Gasteiger partial charge in [-0.3, -0.25) is 4.79 Å². The predicted molar refractivity (Wildman–Crippen MR) is 80.3 cm³/mol. The molecule has 0 bridgehead atoms. The van der Waals surface area contributed by atoms with E-state index in [-0.39, 0.29) is 11.5 Å². The Hall–Kier alpha value is -2.36. The van der Waals surface area contributed by atoms with Crippen LogP contribution in [0.5, 0.6) is 0 Å². The third-order valence-corrected chi connectivity index (χ3v) is 3.89. The summed E-state index contributed by atoms with van der Waals surface area (Å²) >= 11 is 0. The van der Waals surface area contributed by atoms with E-state index in [1.54, 1.807) is 4.90 Å². The summed E-state index contributed by atoms with van der Waals surface area (Å²) in [6, 6.07) is 12.0. The van der Waals surface area contributed by atoms with Crippen molar-refractivity contribution in [2.24, 2.45) is 0 Å². The SMILES string of the molecule is Nc1ccc(F)cc1C(=O)N1CCCc2ccccc2C1. The molecule has 2 N–H and O–H groups in total. The van der Waals surface area contributed by atoms with Gasteiger partial charge >= 0.3 is 0 Å². The molecule has 0 fully saturated rings. The first-order valence-electron chi connectivity index (χ1n) is 7.06. The third-order valence-electron chi connectivity index (χ3n) is 3.89. The summed E-state index contributed by atoms with van der Waals surface area (Å²) < 4.78 is 13.4. The Morgan fingerprint density at radius 3 is 2.71 bits per heavy atom. The van der Waals surface area contributed by atoms with Crippen LogP contribution in [0.25, 0.3) is 0 Å². The highest BCUT2D eigenvalue weighted by Crippen LogP contribution is 2.22. The highest BCUT2D eigenvalue weighted by Gasteiger charge is 2.21. The smallest absolute Gasteiger partial charge is 0.256 e. The van der Waals surface area contributed by atoms with Crippen molar-refractivity contribution in [2.45, 2.75) is 19.4 Å².